The summed E-state index contributed by atoms with van der Waals surface area (Å²) in [6, 6.07) is 10.4. The van der Waals surface area contributed by atoms with Crippen molar-refractivity contribution in [3.63, 3.8) is 0 Å². The molecule has 8 nitrogen and oxygen atoms in total. The van der Waals surface area contributed by atoms with E-state index in [1.807, 2.05) is 20.8 Å². The van der Waals surface area contributed by atoms with Crippen molar-refractivity contribution in [3.05, 3.63) is 58.1 Å². The highest BCUT2D eigenvalue weighted by Gasteiger charge is 2.31. The van der Waals surface area contributed by atoms with Crippen LogP contribution in [0.2, 0.25) is 10.0 Å². The number of hydrogen-bond acceptors (Lipinski definition) is 5. The standard InChI is InChI=1S/C25H33Cl2N3O5S/c1-6-35-20-12-10-19(11-13-20)30(36(5,33)34)16-24(31)29(18(4)25(32)28-14-17(2)3)15-21-22(26)8-7-9-23(21)27/h7-13,17-18H,6,14-16H2,1-5H3,(H,28,32)/t18-/m1/s1. The highest BCUT2D eigenvalue weighted by molar-refractivity contribution is 7.92. The van der Waals surface area contributed by atoms with Gasteiger partial charge < -0.3 is 15.0 Å². The monoisotopic (exact) mass is 557 g/mol. The van der Waals surface area contributed by atoms with Crippen LogP contribution in [0.1, 0.15) is 33.3 Å². The summed E-state index contributed by atoms with van der Waals surface area (Å²) in [7, 11) is -3.84. The Labute approximate surface area is 223 Å². The molecule has 2 amide bonds. The number of ether oxygens (including phenoxy) is 1. The second kappa shape index (κ2) is 13.2. The van der Waals surface area contributed by atoms with Crippen LogP contribution in [0.5, 0.6) is 5.75 Å². The van der Waals surface area contributed by atoms with Crippen LogP contribution in [0.25, 0.3) is 0 Å². The maximum Gasteiger partial charge on any atom is 0.244 e. The van der Waals surface area contributed by atoms with Crippen molar-refractivity contribution in [1.29, 1.82) is 0 Å². The number of carbonyl (C=O) groups excluding carboxylic acids is 2. The Morgan fingerprint density at radius 3 is 2.11 bits per heavy atom. The summed E-state index contributed by atoms with van der Waals surface area (Å²) in [6.45, 7) is 7.64. The molecule has 0 spiro atoms. The number of anilines is 1. The summed E-state index contributed by atoms with van der Waals surface area (Å²) in [4.78, 5) is 27.8. The van der Waals surface area contributed by atoms with Crippen molar-refractivity contribution in [2.24, 2.45) is 5.92 Å². The van der Waals surface area contributed by atoms with Crippen LogP contribution in [0.3, 0.4) is 0 Å². The topological polar surface area (TPSA) is 96.0 Å². The van der Waals surface area contributed by atoms with Gasteiger partial charge in [-0.15, -0.1) is 0 Å². The highest BCUT2D eigenvalue weighted by atomic mass is 35.5. The second-order valence-corrected chi connectivity index (χ2v) is 11.5. The fraction of sp³-hybridized carbons (Fsp3) is 0.440. The maximum atomic E-state index is 13.6. The first-order valence-corrected chi connectivity index (χ1v) is 14.2. The molecular formula is C25H33Cl2N3O5S. The third-order valence-electron chi connectivity index (χ3n) is 5.36. The lowest BCUT2D eigenvalue weighted by Gasteiger charge is -2.32. The van der Waals surface area contributed by atoms with Gasteiger partial charge in [-0.1, -0.05) is 43.1 Å². The molecular weight excluding hydrogens is 525 g/mol. The number of sulfonamides is 1. The smallest absolute Gasteiger partial charge is 0.244 e. The summed E-state index contributed by atoms with van der Waals surface area (Å²) in [5.41, 5.74) is 0.756. The first-order chi connectivity index (χ1) is 16.8. The van der Waals surface area contributed by atoms with Gasteiger partial charge in [-0.25, -0.2) is 8.42 Å². The van der Waals surface area contributed by atoms with Crippen LogP contribution >= 0.6 is 23.2 Å². The number of hydrogen-bond donors (Lipinski definition) is 1. The molecule has 0 unspecified atom stereocenters. The Morgan fingerprint density at radius 1 is 1.03 bits per heavy atom. The second-order valence-electron chi connectivity index (χ2n) is 8.73. The van der Waals surface area contributed by atoms with Gasteiger partial charge in [0.15, 0.2) is 0 Å². The van der Waals surface area contributed by atoms with E-state index >= 15 is 0 Å². The molecule has 0 saturated heterocycles. The van der Waals surface area contributed by atoms with E-state index in [4.69, 9.17) is 27.9 Å². The Hall–Kier alpha value is -2.49. The molecule has 0 aliphatic rings. The third kappa shape index (κ3) is 8.28. The zero-order valence-electron chi connectivity index (χ0n) is 21.1. The molecule has 0 bridgehead atoms. The number of nitrogens with zero attached hydrogens (tertiary/aromatic N) is 2. The van der Waals surface area contributed by atoms with Crippen LogP contribution in [0.4, 0.5) is 5.69 Å². The van der Waals surface area contributed by atoms with E-state index in [9.17, 15) is 18.0 Å². The number of halogens is 2. The average molecular weight is 559 g/mol. The lowest BCUT2D eigenvalue weighted by atomic mass is 10.1. The van der Waals surface area contributed by atoms with Crippen LogP contribution in [0, 0.1) is 5.92 Å². The minimum absolute atomic E-state index is 0.0749. The molecule has 0 heterocycles. The van der Waals surface area contributed by atoms with Crippen molar-refractivity contribution in [2.45, 2.75) is 40.3 Å². The first-order valence-electron chi connectivity index (χ1n) is 11.6. The molecule has 0 aliphatic heterocycles. The molecule has 0 fully saturated rings. The fourth-order valence-corrected chi connectivity index (χ4v) is 4.74. The average Bonchev–Trinajstić information content (AvgIpc) is 2.80. The van der Waals surface area contributed by atoms with Gasteiger partial charge in [0, 0.05) is 28.7 Å². The molecule has 2 aromatic carbocycles. The maximum absolute atomic E-state index is 13.6. The zero-order valence-corrected chi connectivity index (χ0v) is 23.5. The van der Waals surface area contributed by atoms with Crippen LogP contribution in [-0.2, 0) is 26.2 Å². The summed E-state index contributed by atoms with van der Waals surface area (Å²) in [5, 5.41) is 3.49. The molecule has 0 saturated carbocycles. The minimum atomic E-state index is -3.84. The predicted octanol–water partition coefficient (Wildman–Crippen LogP) is 4.35. The zero-order chi connectivity index (χ0) is 27.0. The Balaban J connectivity index is 2.41. The van der Waals surface area contributed by atoms with Crippen molar-refractivity contribution < 1.29 is 22.7 Å². The lowest BCUT2D eigenvalue weighted by Crippen LogP contribution is -2.51. The number of benzene rings is 2. The lowest BCUT2D eigenvalue weighted by molar-refractivity contribution is -0.139. The molecule has 0 aromatic heterocycles. The minimum Gasteiger partial charge on any atom is -0.494 e. The molecule has 0 aliphatic carbocycles. The van der Waals surface area contributed by atoms with Gasteiger partial charge in [0.1, 0.15) is 18.3 Å². The van der Waals surface area contributed by atoms with Crippen LogP contribution < -0.4 is 14.4 Å². The van der Waals surface area contributed by atoms with Gasteiger partial charge in [-0.2, -0.15) is 0 Å². The Bertz CT molecular complexity index is 1140. The van der Waals surface area contributed by atoms with Crippen molar-refractivity contribution in [3.8, 4) is 5.75 Å². The number of rotatable bonds is 12. The van der Waals surface area contributed by atoms with Gasteiger partial charge in [0.2, 0.25) is 21.8 Å². The predicted molar refractivity (Wildman–Crippen MR) is 144 cm³/mol. The number of nitrogens with one attached hydrogen (secondary N) is 1. The molecule has 2 rings (SSSR count). The SMILES string of the molecule is CCOc1ccc(N(CC(=O)N(Cc2c(Cl)cccc2Cl)[C@H](C)C(=O)NCC(C)C)S(C)(=O)=O)cc1. The Morgan fingerprint density at radius 2 is 1.61 bits per heavy atom. The van der Waals surface area contributed by atoms with E-state index in [1.54, 1.807) is 49.4 Å². The fourth-order valence-electron chi connectivity index (χ4n) is 3.38. The third-order valence-corrected chi connectivity index (χ3v) is 7.21. The van der Waals surface area contributed by atoms with Gasteiger partial charge in [-0.3, -0.25) is 13.9 Å². The molecule has 36 heavy (non-hydrogen) atoms. The van der Waals surface area contributed by atoms with Crippen molar-refractivity contribution in [1.82, 2.24) is 10.2 Å². The molecule has 1 atom stereocenters. The van der Waals surface area contributed by atoms with Gasteiger partial charge in [-0.05, 0) is 56.2 Å². The van der Waals surface area contributed by atoms with E-state index < -0.39 is 28.5 Å². The summed E-state index contributed by atoms with van der Waals surface area (Å²) in [6.07, 6.45) is 1.02. The van der Waals surface area contributed by atoms with E-state index in [0.29, 0.717) is 40.2 Å². The largest absolute Gasteiger partial charge is 0.494 e. The van der Waals surface area contributed by atoms with E-state index in [1.165, 1.54) is 4.90 Å². The van der Waals surface area contributed by atoms with E-state index in [-0.39, 0.29) is 18.4 Å². The normalized spacial score (nSPS) is 12.2. The Kier molecular flexibility index (Phi) is 10.9. The summed E-state index contributed by atoms with van der Waals surface area (Å²) < 4.78 is 31.7. The van der Waals surface area contributed by atoms with Gasteiger partial charge >= 0.3 is 0 Å². The molecule has 198 valence electrons. The van der Waals surface area contributed by atoms with Crippen LogP contribution in [0.15, 0.2) is 42.5 Å². The van der Waals surface area contributed by atoms with E-state index in [2.05, 4.69) is 5.32 Å². The molecule has 2 aromatic rings. The van der Waals surface area contributed by atoms with Crippen molar-refractivity contribution >= 4 is 50.7 Å². The van der Waals surface area contributed by atoms with Crippen molar-refractivity contribution in [2.75, 3.05) is 30.3 Å². The summed E-state index contributed by atoms with van der Waals surface area (Å²) in [5.74, 6) is -0.167. The molecule has 0 radical (unpaired) electrons. The number of carbonyl (C=O) groups is 2. The van der Waals surface area contributed by atoms with Gasteiger partial charge in [0.25, 0.3) is 0 Å². The van der Waals surface area contributed by atoms with Gasteiger partial charge in [0.05, 0.1) is 18.6 Å². The highest BCUT2D eigenvalue weighted by Crippen LogP contribution is 2.27. The van der Waals surface area contributed by atoms with E-state index in [0.717, 1.165) is 10.6 Å². The quantitative estimate of drug-likeness (QED) is 0.418. The van der Waals surface area contributed by atoms with Crippen LogP contribution in [-0.4, -0.2) is 57.1 Å². The first kappa shape index (κ1) is 29.7. The molecule has 11 heteroatoms. The summed E-state index contributed by atoms with van der Waals surface area (Å²) >= 11 is 12.7. The molecule has 1 N–H and O–H groups in total. The number of amides is 2.